The molecule has 2 heterocycles. The third kappa shape index (κ3) is 2.10. The number of carbonyl (C=O) groups excluding carboxylic acids is 1. The monoisotopic (exact) mass is 271 g/mol. The predicted octanol–water partition coefficient (Wildman–Crippen LogP) is 1.09. The van der Waals surface area contributed by atoms with Gasteiger partial charge in [-0.2, -0.15) is 0 Å². The van der Waals surface area contributed by atoms with Crippen LogP contribution in [0.5, 0.6) is 0 Å². The van der Waals surface area contributed by atoms with E-state index in [0.717, 1.165) is 18.2 Å². The van der Waals surface area contributed by atoms with Gasteiger partial charge in [-0.1, -0.05) is 18.2 Å². The van der Waals surface area contributed by atoms with Gasteiger partial charge in [0.2, 0.25) is 0 Å². The summed E-state index contributed by atoms with van der Waals surface area (Å²) in [5.74, 6) is -0.138. The standard InChI is InChI=1S/C15H17N3O2/c16-9-11-5-3-7-18(11)15(20)13-8-10-4-1-2-6-12(10)14(19)17-13/h1-2,4,6,8,11H,3,5,7,9,16H2,(H,17,19). The smallest absolute Gasteiger partial charge is 0.270 e. The Labute approximate surface area is 116 Å². The van der Waals surface area contributed by atoms with E-state index in [1.807, 2.05) is 18.2 Å². The van der Waals surface area contributed by atoms with Gasteiger partial charge in [-0.05, 0) is 30.4 Å². The molecule has 1 aliphatic heterocycles. The van der Waals surface area contributed by atoms with E-state index in [1.165, 1.54) is 0 Å². The van der Waals surface area contributed by atoms with Crippen molar-refractivity contribution in [2.75, 3.05) is 13.1 Å². The van der Waals surface area contributed by atoms with Crippen LogP contribution in [0.15, 0.2) is 35.1 Å². The first kappa shape index (κ1) is 12.9. The molecule has 5 nitrogen and oxygen atoms in total. The van der Waals surface area contributed by atoms with E-state index < -0.39 is 0 Å². The van der Waals surface area contributed by atoms with Gasteiger partial charge in [-0.3, -0.25) is 9.59 Å². The Kier molecular flexibility index (Phi) is 3.28. The molecule has 1 aromatic heterocycles. The summed E-state index contributed by atoms with van der Waals surface area (Å²) in [6.07, 6.45) is 1.89. The fraction of sp³-hybridized carbons (Fsp3) is 0.333. The molecule has 3 N–H and O–H groups in total. The van der Waals surface area contributed by atoms with E-state index in [-0.39, 0.29) is 17.5 Å². The SMILES string of the molecule is NCC1CCCN1C(=O)c1cc2ccccc2c(=O)[nH]1. The van der Waals surface area contributed by atoms with Gasteiger partial charge >= 0.3 is 0 Å². The van der Waals surface area contributed by atoms with Crippen LogP contribution >= 0.6 is 0 Å². The minimum atomic E-state index is -0.227. The van der Waals surface area contributed by atoms with Crippen molar-refractivity contribution >= 4 is 16.7 Å². The van der Waals surface area contributed by atoms with Gasteiger partial charge in [-0.15, -0.1) is 0 Å². The third-order valence-electron chi connectivity index (χ3n) is 3.89. The van der Waals surface area contributed by atoms with E-state index in [2.05, 4.69) is 4.98 Å². The van der Waals surface area contributed by atoms with Crippen LogP contribution < -0.4 is 11.3 Å². The van der Waals surface area contributed by atoms with Gasteiger partial charge in [-0.25, -0.2) is 0 Å². The Balaban J connectivity index is 2.02. The van der Waals surface area contributed by atoms with E-state index in [4.69, 9.17) is 5.73 Å². The number of nitrogens with two attached hydrogens (primary N) is 1. The molecule has 1 aliphatic rings. The van der Waals surface area contributed by atoms with Gasteiger partial charge < -0.3 is 15.6 Å². The molecule has 5 heteroatoms. The van der Waals surface area contributed by atoms with Crippen molar-refractivity contribution in [3.63, 3.8) is 0 Å². The van der Waals surface area contributed by atoms with E-state index in [9.17, 15) is 9.59 Å². The number of aromatic amines is 1. The highest BCUT2D eigenvalue weighted by Gasteiger charge is 2.28. The average molecular weight is 271 g/mol. The van der Waals surface area contributed by atoms with Crippen molar-refractivity contribution in [1.82, 2.24) is 9.88 Å². The second kappa shape index (κ2) is 5.09. The number of hydrogen-bond acceptors (Lipinski definition) is 3. The number of nitrogens with one attached hydrogen (secondary N) is 1. The minimum absolute atomic E-state index is 0.0810. The lowest BCUT2D eigenvalue weighted by molar-refractivity contribution is 0.0735. The lowest BCUT2D eigenvalue weighted by Gasteiger charge is -2.23. The average Bonchev–Trinajstić information content (AvgIpc) is 2.95. The molecule has 0 saturated carbocycles. The van der Waals surface area contributed by atoms with Gasteiger partial charge in [0.15, 0.2) is 0 Å². The summed E-state index contributed by atoms with van der Waals surface area (Å²) in [7, 11) is 0. The maximum atomic E-state index is 12.5. The van der Waals surface area contributed by atoms with Crippen LogP contribution in [0.1, 0.15) is 23.3 Å². The number of carbonyl (C=O) groups is 1. The number of nitrogens with zero attached hydrogens (tertiary/aromatic N) is 1. The number of amides is 1. The zero-order chi connectivity index (χ0) is 14.1. The number of H-pyrrole nitrogens is 1. The number of fused-ring (bicyclic) bond motifs is 1. The van der Waals surface area contributed by atoms with Gasteiger partial charge in [0.25, 0.3) is 11.5 Å². The summed E-state index contributed by atoms with van der Waals surface area (Å²) in [5, 5.41) is 1.38. The quantitative estimate of drug-likeness (QED) is 0.858. The number of likely N-dealkylation sites (tertiary alicyclic amines) is 1. The van der Waals surface area contributed by atoms with Crippen molar-refractivity contribution in [3.05, 3.63) is 46.4 Å². The Hall–Kier alpha value is -2.14. The fourth-order valence-corrected chi connectivity index (χ4v) is 2.83. The lowest BCUT2D eigenvalue weighted by Crippen LogP contribution is -2.40. The first-order chi connectivity index (χ1) is 9.70. The number of rotatable bonds is 2. The van der Waals surface area contributed by atoms with Crippen LogP contribution in [-0.4, -0.2) is 34.9 Å². The van der Waals surface area contributed by atoms with Crippen LogP contribution in [-0.2, 0) is 0 Å². The first-order valence-corrected chi connectivity index (χ1v) is 6.84. The molecule has 1 saturated heterocycles. The molecule has 2 aromatic rings. The Morgan fingerprint density at radius 1 is 1.40 bits per heavy atom. The highest BCUT2D eigenvalue weighted by molar-refractivity contribution is 5.96. The topological polar surface area (TPSA) is 79.2 Å². The molecule has 3 rings (SSSR count). The van der Waals surface area contributed by atoms with Crippen LogP contribution in [0.2, 0.25) is 0 Å². The maximum absolute atomic E-state index is 12.5. The van der Waals surface area contributed by atoms with E-state index >= 15 is 0 Å². The molecule has 1 atom stereocenters. The molecular weight excluding hydrogens is 254 g/mol. The molecule has 0 spiro atoms. The third-order valence-corrected chi connectivity index (χ3v) is 3.89. The normalized spacial score (nSPS) is 18.6. The fourth-order valence-electron chi connectivity index (χ4n) is 2.83. The molecule has 20 heavy (non-hydrogen) atoms. The van der Waals surface area contributed by atoms with Crippen LogP contribution in [0.3, 0.4) is 0 Å². The molecule has 1 fully saturated rings. The Morgan fingerprint density at radius 2 is 2.20 bits per heavy atom. The molecular formula is C15H17N3O2. The summed E-state index contributed by atoms with van der Waals surface area (Å²) in [5.41, 5.74) is 5.81. The van der Waals surface area contributed by atoms with Crippen molar-refractivity contribution in [3.8, 4) is 0 Å². The predicted molar refractivity (Wildman–Crippen MR) is 77.7 cm³/mol. The van der Waals surface area contributed by atoms with Crippen LogP contribution in [0.25, 0.3) is 10.8 Å². The summed E-state index contributed by atoms with van der Waals surface area (Å²) in [6, 6.07) is 9.08. The highest BCUT2D eigenvalue weighted by Crippen LogP contribution is 2.19. The molecule has 1 amide bonds. The molecule has 0 radical (unpaired) electrons. The van der Waals surface area contributed by atoms with Crippen molar-refractivity contribution in [2.45, 2.75) is 18.9 Å². The Morgan fingerprint density at radius 3 is 3.00 bits per heavy atom. The largest absolute Gasteiger partial charge is 0.333 e. The highest BCUT2D eigenvalue weighted by atomic mass is 16.2. The number of benzene rings is 1. The summed E-state index contributed by atoms with van der Waals surface area (Å²) in [4.78, 5) is 29.0. The zero-order valence-corrected chi connectivity index (χ0v) is 11.1. The first-order valence-electron chi connectivity index (χ1n) is 6.84. The molecule has 104 valence electrons. The van der Waals surface area contributed by atoms with E-state index in [0.29, 0.717) is 24.2 Å². The van der Waals surface area contributed by atoms with Gasteiger partial charge in [0.1, 0.15) is 5.69 Å². The van der Waals surface area contributed by atoms with Crippen LogP contribution in [0, 0.1) is 0 Å². The second-order valence-corrected chi connectivity index (χ2v) is 5.13. The van der Waals surface area contributed by atoms with Crippen molar-refractivity contribution < 1.29 is 4.79 Å². The van der Waals surface area contributed by atoms with Crippen LogP contribution in [0.4, 0.5) is 0 Å². The lowest BCUT2D eigenvalue weighted by atomic mass is 10.1. The van der Waals surface area contributed by atoms with Crippen molar-refractivity contribution in [1.29, 1.82) is 0 Å². The summed E-state index contributed by atoms with van der Waals surface area (Å²) in [6.45, 7) is 1.17. The summed E-state index contributed by atoms with van der Waals surface area (Å²) >= 11 is 0. The van der Waals surface area contributed by atoms with Gasteiger partial charge in [0.05, 0.1) is 0 Å². The zero-order valence-electron chi connectivity index (χ0n) is 11.1. The number of hydrogen-bond donors (Lipinski definition) is 2. The minimum Gasteiger partial charge on any atom is -0.333 e. The molecule has 0 aliphatic carbocycles. The second-order valence-electron chi connectivity index (χ2n) is 5.13. The Bertz CT molecular complexity index is 708. The molecule has 1 unspecified atom stereocenters. The van der Waals surface area contributed by atoms with Gasteiger partial charge in [0, 0.05) is 24.5 Å². The maximum Gasteiger partial charge on any atom is 0.270 e. The number of pyridine rings is 1. The summed E-state index contributed by atoms with van der Waals surface area (Å²) < 4.78 is 0. The molecule has 0 bridgehead atoms. The van der Waals surface area contributed by atoms with Crippen molar-refractivity contribution in [2.24, 2.45) is 5.73 Å². The molecule has 1 aromatic carbocycles. The number of aromatic nitrogens is 1. The van der Waals surface area contributed by atoms with E-state index in [1.54, 1.807) is 17.0 Å².